The molecule has 0 aliphatic carbocycles. The molecule has 0 saturated heterocycles. The SMILES string of the molecule is C=C1CC2C(CCc3ccc4c(oc5ncccc54)c3C(/C=C\CCC(C)CC)=N\1)c1ccccc1-c1cc(C(C)C)c([Si](C)(C)C)c[n+]12. The number of furan rings is 1. The predicted octanol–water partition coefficient (Wildman–Crippen LogP) is 11.0. The maximum atomic E-state index is 6.58. The van der Waals surface area contributed by atoms with E-state index in [9.17, 15) is 0 Å². The molecule has 3 unspecified atom stereocenters. The molecule has 4 nitrogen and oxygen atoms in total. The second-order valence-electron chi connectivity index (χ2n) is 15.8. The second-order valence-corrected chi connectivity index (χ2v) is 20.9. The van der Waals surface area contributed by atoms with Crippen LogP contribution in [0.2, 0.25) is 19.6 Å². The van der Waals surface area contributed by atoms with Crippen molar-refractivity contribution in [2.45, 2.75) is 104 Å². The number of pyridine rings is 2. The number of hydrogen-bond acceptors (Lipinski definition) is 3. The standard InChI is InChI=1S/C44H52N3OSi/c1-9-29(4)15-10-13-19-38-42-31(21-23-35-36-18-14-24-45-44(36)48-43(35)42)20-22-34-32-16-11-12-17-33(32)40-26-37(28(2)3)41(49(6,7)8)27-47(40)39(34)25-30(5)46-38/h11-14,16-19,21,23-24,26-29,34,39H,5,9-10,15,20,22,25H2,1-4,6-8H3/q+1/b19-13-,46-38-. The molecule has 0 fully saturated rings. The first-order valence-corrected chi connectivity index (χ1v) is 22.0. The second kappa shape index (κ2) is 13.3. The summed E-state index contributed by atoms with van der Waals surface area (Å²) in [5.41, 5.74) is 11.4. The molecule has 3 atom stereocenters. The van der Waals surface area contributed by atoms with Gasteiger partial charge in [-0.25, -0.2) is 4.98 Å². The third-order valence-electron chi connectivity index (χ3n) is 11.0. The van der Waals surface area contributed by atoms with Crippen molar-refractivity contribution < 1.29 is 8.98 Å². The number of nitrogens with zero attached hydrogens (tertiary/aromatic N) is 3. The Kier molecular flexibility index (Phi) is 9.08. The lowest BCUT2D eigenvalue weighted by Crippen LogP contribution is -2.54. The van der Waals surface area contributed by atoms with Crippen LogP contribution in [-0.2, 0) is 6.42 Å². The summed E-state index contributed by atoms with van der Waals surface area (Å²) in [6.07, 6.45) is 15.0. The van der Waals surface area contributed by atoms with E-state index in [1.54, 1.807) is 5.19 Å². The summed E-state index contributed by atoms with van der Waals surface area (Å²) in [6, 6.07) is 20.5. The summed E-state index contributed by atoms with van der Waals surface area (Å²) in [6.45, 7) is 21.4. The fourth-order valence-corrected chi connectivity index (χ4v) is 9.90. The van der Waals surface area contributed by atoms with E-state index in [2.05, 4.69) is 130 Å². The number of allylic oxidation sites excluding steroid dienone is 3. The zero-order valence-electron chi connectivity index (χ0n) is 30.5. The fraction of sp³-hybridized carbons (Fsp3) is 0.386. The quantitative estimate of drug-likeness (QED) is 0.128. The third-order valence-corrected chi connectivity index (χ3v) is 13.1. The van der Waals surface area contributed by atoms with Crippen LogP contribution in [0.4, 0.5) is 0 Å². The van der Waals surface area contributed by atoms with E-state index in [-0.39, 0.29) is 6.04 Å². The molecule has 0 amide bonds. The Hall–Kier alpha value is -4.09. The fourth-order valence-electron chi connectivity index (χ4n) is 8.15. The first-order valence-electron chi connectivity index (χ1n) is 18.5. The van der Waals surface area contributed by atoms with Gasteiger partial charge in [-0.2, -0.15) is 4.57 Å². The van der Waals surface area contributed by atoms with Crippen molar-refractivity contribution in [2.75, 3.05) is 0 Å². The van der Waals surface area contributed by atoms with Crippen LogP contribution in [0.1, 0.15) is 99.9 Å². The lowest BCUT2D eigenvalue weighted by Gasteiger charge is -2.33. The summed E-state index contributed by atoms with van der Waals surface area (Å²) in [4.78, 5) is 10.0. The van der Waals surface area contributed by atoms with E-state index in [0.29, 0.717) is 23.5 Å². The highest BCUT2D eigenvalue weighted by atomic mass is 28.3. The molecule has 252 valence electrons. The van der Waals surface area contributed by atoms with E-state index in [4.69, 9.17) is 9.41 Å². The Morgan fingerprint density at radius 3 is 2.63 bits per heavy atom. The molecule has 0 saturated carbocycles. The van der Waals surface area contributed by atoms with Crippen molar-refractivity contribution in [3.63, 3.8) is 0 Å². The molecular weight excluding hydrogens is 615 g/mol. The van der Waals surface area contributed by atoms with Gasteiger partial charge in [-0.05, 0) is 78.5 Å². The number of aliphatic imine (C=N–C) groups is 1. The van der Waals surface area contributed by atoms with Gasteiger partial charge >= 0.3 is 0 Å². The van der Waals surface area contributed by atoms with Gasteiger partial charge in [0.2, 0.25) is 11.4 Å². The van der Waals surface area contributed by atoms with Crippen LogP contribution >= 0.6 is 0 Å². The first kappa shape index (κ1) is 33.4. The zero-order chi connectivity index (χ0) is 34.4. The monoisotopic (exact) mass is 666 g/mol. The van der Waals surface area contributed by atoms with Gasteiger partial charge in [0, 0.05) is 51.0 Å². The number of fused-ring (bicyclic) bond motifs is 11. The number of benzene rings is 2. The average Bonchev–Trinajstić information content (AvgIpc) is 3.46. The van der Waals surface area contributed by atoms with E-state index in [1.807, 2.05) is 12.3 Å². The molecule has 2 aromatic carbocycles. The summed E-state index contributed by atoms with van der Waals surface area (Å²) in [7, 11) is -1.63. The molecule has 0 spiro atoms. The maximum absolute atomic E-state index is 6.58. The first-order chi connectivity index (χ1) is 23.5. The Balaban J connectivity index is 1.41. The van der Waals surface area contributed by atoms with Crippen LogP contribution in [0.5, 0.6) is 0 Å². The maximum Gasteiger partial charge on any atom is 0.227 e. The van der Waals surface area contributed by atoms with Crippen molar-refractivity contribution >= 4 is 41.0 Å². The minimum atomic E-state index is -1.63. The van der Waals surface area contributed by atoms with Crippen molar-refractivity contribution in [3.8, 4) is 11.3 Å². The predicted molar refractivity (Wildman–Crippen MR) is 209 cm³/mol. The molecule has 3 aromatic heterocycles. The summed E-state index contributed by atoms with van der Waals surface area (Å²) < 4.78 is 9.21. The van der Waals surface area contributed by atoms with E-state index < -0.39 is 8.07 Å². The van der Waals surface area contributed by atoms with Gasteiger partial charge in [0.15, 0.2) is 12.2 Å². The summed E-state index contributed by atoms with van der Waals surface area (Å²) in [5.74, 6) is 1.50. The molecule has 0 bridgehead atoms. The van der Waals surface area contributed by atoms with Gasteiger partial charge < -0.3 is 4.42 Å². The number of hydrogen-bond donors (Lipinski definition) is 0. The van der Waals surface area contributed by atoms with Gasteiger partial charge in [0.05, 0.1) is 20.2 Å². The van der Waals surface area contributed by atoms with Crippen LogP contribution in [0.25, 0.3) is 33.3 Å². The molecule has 7 rings (SSSR count). The molecule has 5 heteroatoms. The van der Waals surface area contributed by atoms with Crippen molar-refractivity contribution in [1.29, 1.82) is 0 Å². The van der Waals surface area contributed by atoms with Crippen LogP contribution in [0.15, 0.2) is 101 Å². The van der Waals surface area contributed by atoms with Gasteiger partial charge in [0.25, 0.3) is 0 Å². The average molecular weight is 667 g/mol. The highest BCUT2D eigenvalue weighted by Crippen LogP contribution is 2.45. The molecule has 2 aliphatic rings. The zero-order valence-corrected chi connectivity index (χ0v) is 31.5. The number of aryl methyl sites for hydroxylation is 1. The normalized spacial score (nSPS) is 19.8. The molecule has 5 heterocycles. The smallest absolute Gasteiger partial charge is 0.227 e. The molecule has 0 N–H and O–H groups in total. The van der Waals surface area contributed by atoms with E-state index >= 15 is 0 Å². The topological polar surface area (TPSA) is 42.3 Å². The number of rotatable bonds is 7. The van der Waals surface area contributed by atoms with Gasteiger partial charge in [-0.1, -0.05) is 96.7 Å². The Morgan fingerprint density at radius 2 is 1.86 bits per heavy atom. The van der Waals surface area contributed by atoms with Crippen LogP contribution in [-0.4, -0.2) is 18.8 Å². The van der Waals surface area contributed by atoms with Crippen LogP contribution < -0.4 is 9.75 Å². The molecule has 49 heavy (non-hydrogen) atoms. The lowest BCUT2D eigenvalue weighted by atomic mass is 9.77. The highest BCUT2D eigenvalue weighted by molar-refractivity contribution is 6.89. The third kappa shape index (κ3) is 6.27. The van der Waals surface area contributed by atoms with Crippen molar-refractivity contribution in [3.05, 3.63) is 114 Å². The summed E-state index contributed by atoms with van der Waals surface area (Å²) >= 11 is 0. The van der Waals surface area contributed by atoms with Crippen LogP contribution in [0.3, 0.4) is 0 Å². The molecule has 5 aromatic rings. The van der Waals surface area contributed by atoms with Crippen molar-refractivity contribution in [1.82, 2.24) is 4.98 Å². The number of aromatic nitrogens is 2. The molecule has 0 radical (unpaired) electrons. The van der Waals surface area contributed by atoms with E-state index in [1.165, 1.54) is 40.8 Å². The Morgan fingerprint density at radius 1 is 1.04 bits per heavy atom. The minimum Gasteiger partial charge on any atom is -0.437 e. The Bertz CT molecular complexity index is 2110. The van der Waals surface area contributed by atoms with Crippen molar-refractivity contribution in [2.24, 2.45) is 10.9 Å². The van der Waals surface area contributed by atoms with E-state index in [0.717, 1.165) is 59.0 Å². The minimum absolute atomic E-state index is 0.230. The van der Waals surface area contributed by atoms with Gasteiger partial charge in [0.1, 0.15) is 5.58 Å². The largest absolute Gasteiger partial charge is 0.437 e. The summed E-state index contributed by atoms with van der Waals surface area (Å²) in [5, 5.41) is 3.70. The van der Waals surface area contributed by atoms with Gasteiger partial charge in [-0.15, -0.1) is 0 Å². The molecular formula is C44H52N3OSi+. The highest BCUT2D eigenvalue weighted by Gasteiger charge is 2.42. The van der Waals surface area contributed by atoms with Gasteiger partial charge in [-0.3, -0.25) is 4.99 Å². The lowest BCUT2D eigenvalue weighted by molar-refractivity contribution is -0.717. The molecule has 2 aliphatic heterocycles. The Labute approximate surface area is 293 Å². The van der Waals surface area contributed by atoms with Crippen LogP contribution in [0, 0.1) is 5.92 Å².